The fourth-order valence-corrected chi connectivity index (χ4v) is 5.42. The standard InChI is InChI=1S/C25H32N6O2.C4H6/c1-4-5-6-7-18-9-8-17(3)30(18)25(33)29-13-11-16(2)21(15-29)31-22-19-10-12-26-23(19)27-14-20(22)28-24(31)32;1-3-4-2/h10,12,14,16-18,21H,4-5,8-9,11,13,15H2,1-3H3,(H,26,27)(H,28,32);1H,4H2,2H3. The molecule has 4 unspecified atom stereocenters. The first-order chi connectivity index (χ1) is 17.9. The second-order valence-corrected chi connectivity index (χ2v) is 10.1. The minimum Gasteiger partial charge on any atom is -0.346 e. The molecule has 0 bridgehead atoms. The maximum absolute atomic E-state index is 13.7. The Morgan fingerprint density at radius 2 is 2.03 bits per heavy atom. The molecule has 3 aromatic heterocycles. The number of terminal acetylenes is 1. The summed E-state index contributed by atoms with van der Waals surface area (Å²) < 4.78 is 1.85. The van der Waals surface area contributed by atoms with Crippen LogP contribution in [-0.4, -0.2) is 60.5 Å². The molecule has 2 aliphatic heterocycles. The highest BCUT2D eigenvalue weighted by Gasteiger charge is 2.39. The molecule has 2 saturated heterocycles. The van der Waals surface area contributed by atoms with E-state index in [9.17, 15) is 9.59 Å². The molecule has 5 heterocycles. The number of H-pyrrole nitrogens is 2. The Hall–Kier alpha value is -3.65. The number of aromatic nitrogens is 4. The van der Waals surface area contributed by atoms with Gasteiger partial charge in [-0.05, 0) is 44.6 Å². The quantitative estimate of drug-likeness (QED) is 0.489. The van der Waals surface area contributed by atoms with Gasteiger partial charge >= 0.3 is 11.7 Å². The number of unbranched alkanes of at least 4 members (excludes halogenated alkanes) is 1. The van der Waals surface area contributed by atoms with E-state index in [0.29, 0.717) is 13.1 Å². The molecule has 2 aliphatic rings. The number of carbonyl (C=O) groups is 1. The molecular weight excluding hydrogens is 464 g/mol. The Bertz CT molecular complexity index is 1400. The lowest BCUT2D eigenvalue weighted by Crippen LogP contribution is -2.53. The van der Waals surface area contributed by atoms with E-state index in [2.05, 4.69) is 53.5 Å². The van der Waals surface area contributed by atoms with E-state index in [1.807, 2.05) is 33.6 Å². The van der Waals surface area contributed by atoms with Crippen molar-refractivity contribution in [3.8, 4) is 24.2 Å². The molecular formula is C29H38N6O2. The van der Waals surface area contributed by atoms with Crippen molar-refractivity contribution in [3.63, 3.8) is 0 Å². The van der Waals surface area contributed by atoms with Gasteiger partial charge in [-0.2, -0.15) is 0 Å². The largest absolute Gasteiger partial charge is 0.346 e. The predicted molar refractivity (Wildman–Crippen MR) is 148 cm³/mol. The van der Waals surface area contributed by atoms with Gasteiger partial charge in [0.15, 0.2) is 0 Å². The third-order valence-corrected chi connectivity index (χ3v) is 7.52. The zero-order valence-electron chi connectivity index (χ0n) is 22.4. The van der Waals surface area contributed by atoms with Crippen LogP contribution in [-0.2, 0) is 0 Å². The number of likely N-dealkylation sites (tertiary alicyclic amines) is 2. The molecule has 2 amide bonds. The second kappa shape index (κ2) is 11.6. The Morgan fingerprint density at radius 1 is 1.24 bits per heavy atom. The van der Waals surface area contributed by atoms with Gasteiger partial charge in [0.05, 0.1) is 29.3 Å². The molecule has 0 aliphatic carbocycles. The van der Waals surface area contributed by atoms with Crippen LogP contribution < -0.4 is 5.69 Å². The maximum atomic E-state index is 13.7. The number of hydrogen-bond acceptors (Lipinski definition) is 3. The summed E-state index contributed by atoms with van der Waals surface area (Å²) in [5, 5.41) is 0.918. The molecule has 2 fully saturated rings. The summed E-state index contributed by atoms with van der Waals surface area (Å²) >= 11 is 0. The van der Waals surface area contributed by atoms with E-state index in [1.54, 1.807) is 6.20 Å². The summed E-state index contributed by atoms with van der Waals surface area (Å²) in [6, 6.07) is 2.06. The van der Waals surface area contributed by atoms with Crippen LogP contribution in [0, 0.1) is 30.1 Å². The number of rotatable bonds is 2. The number of hydrogen-bond donors (Lipinski definition) is 2. The lowest BCUT2D eigenvalue weighted by Gasteiger charge is -2.40. The van der Waals surface area contributed by atoms with Crippen molar-refractivity contribution in [2.24, 2.45) is 5.92 Å². The summed E-state index contributed by atoms with van der Waals surface area (Å²) in [6.45, 7) is 9.56. The van der Waals surface area contributed by atoms with E-state index in [4.69, 9.17) is 6.42 Å². The van der Waals surface area contributed by atoms with Crippen molar-refractivity contribution in [2.45, 2.75) is 84.3 Å². The number of imidazole rings is 1. The van der Waals surface area contributed by atoms with Gasteiger partial charge in [0.1, 0.15) is 5.65 Å². The van der Waals surface area contributed by atoms with Crippen LogP contribution in [0.1, 0.15) is 72.3 Å². The van der Waals surface area contributed by atoms with Crippen LogP contribution in [0.25, 0.3) is 22.1 Å². The highest BCUT2D eigenvalue weighted by atomic mass is 16.2. The molecule has 0 radical (unpaired) electrons. The van der Waals surface area contributed by atoms with Gasteiger partial charge in [-0.25, -0.2) is 14.6 Å². The third kappa shape index (κ3) is 5.25. The van der Waals surface area contributed by atoms with E-state index in [1.165, 1.54) is 0 Å². The molecule has 196 valence electrons. The molecule has 8 heteroatoms. The average Bonchev–Trinajstić information content (AvgIpc) is 3.60. The fourth-order valence-electron chi connectivity index (χ4n) is 5.42. The number of urea groups is 1. The number of piperidine rings is 1. The number of aromatic amines is 2. The number of amides is 2. The summed E-state index contributed by atoms with van der Waals surface area (Å²) in [4.78, 5) is 41.2. The molecule has 0 aromatic carbocycles. The molecule has 0 saturated carbocycles. The van der Waals surface area contributed by atoms with Crippen molar-refractivity contribution in [3.05, 3.63) is 28.9 Å². The SMILES string of the molecule is C#CCC.CCCC#CC1CCC(C)N1C(=O)N1CCC(C)C(n2c(=O)[nH]c3cnc4[nH]ccc4c32)C1. The normalized spacial score (nSPS) is 23.3. The van der Waals surface area contributed by atoms with Crippen molar-refractivity contribution in [1.82, 2.24) is 29.3 Å². The van der Waals surface area contributed by atoms with Crippen LogP contribution in [0.4, 0.5) is 4.79 Å². The zero-order chi connectivity index (χ0) is 26.5. The monoisotopic (exact) mass is 502 g/mol. The summed E-state index contributed by atoms with van der Waals surface area (Å²) in [7, 11) is 0. The summed E-state index contributed by atoms with van der Waals surface area (Å²) in [5.74, 6) is 9.28. The van der Waals surface area contributed by atoms with Crippen LogP contribution in [0.2, 0.25) is 0 Å². The van der Waals surface area contributed by atoms with Gasteiger partial charge in [-0.3, -0.25) is 4.57 Å². The molecule has 2 N–H and O–H groups in total. The first-order valence-corrected chi connectivity index (χ1v) is 13.5. The molecule has 37 heavy (non-hydrogen) atoms. The molecule has 3 aromatic rings. The van der Waals surface area contributed by atoms with Crippen molar-refractivity contribution < 1.29 is 4.79 Å². The van der Waals surface area contributed by atoms with Gasteiger partial charge in [0.25, 0.3) is 0 Å². The first-order valence-electron chi connectivity index (χ1n) is 13.5. The van der Waals surface area contributed by atoms with Crippen molar-refractivity contribution in [2.75, 3.05) is 13.1 Å². The molecule has 5 rings (SSSR count). The van der Waals surface area contributed by atoms with Gasteiger partial charge in [0.2, 0.25) is 0 Å². The zero-order valence-corrected chi connectivity index (χ0v) is 22.4. The average molecular weight is 503 g/mol. The fraction of sp³-hybridized carbons (Fsp3) is 0.552. The molecule has 4 atom stereocenters. The van der Waals surface area contributed by atoms with Crippen LogP contribution >= 0.6 is 0 Å². The number of pyridine rings is 1. The highest BCUT2D eigenvalue weighted by Crippen LogP contribution is 2.33. The first kappa shape index (κ1) is 26.4. The predicted octanol–water partition coefficient (Wildman–Crippen LogP) is 4.89. The van der Waals surface area contributed by atoms with E-state index in [0.717, 1.165) is 60.6 Å². The van der Waals surface area contributed by atoms with Crippen LogP contribution in [0.3, 0.4) is 0 Å². The topological polar surface area (TPSA) is 90.0 Å². The minimum atomic E-state index is -0.149. The number of fused-ring (bicyclic) bond motifs is 3. The van der Waals surface area contributed by atoms with Gasteiger partial charge in [0, 0.05) is 43.6 Å². The van der Waals surface area contributed by atoms with Gasteiger partial charge in [-0.15, -0.1) is 18.3 Å². The van der Waals surface area contributed by atoms with Crippen LogP contribution in [0.5, 0.6) is 0 Å². The smallest absolute Gasteiger partial charge is 0.326 e. The van der Waals surface area contributed by atoms with Crippen LogP contribution in [0.15, 0.2) is 23.3 Å². The highest BCUT2D eigenvalue weighted by molar-refractivity contribution is 6.01. The third-order valence-electron chi connectivity index (χ3n) is 7.52. The molecule has 0 spiro atoms. The van der Waals surface area contributed by atoms with Gasteiger partial charge in [-0.1, -0.05) is 26.7 Å². The van der Waals surface area contributed by atoms with Crippen molar-refractivity contribution in [1.29, 1.82) is 0 Å². The Kier molecular flexibility index (Phi) is 8.28. The number of carbonyl (C=O) groups excluding carboxylic acids is 1. The summed E-state index contributed by atoms with van der Waals surface area (Å²) in [6.07, 6.45) is 13.8. The Balaban J connectivity index is 0.000000747. The number of nitrogens with one attached hydrogen (secondary N) is 2. The maximum Gasteiger partial charge on any atom is 0.326 e. The van der Waals surface area contributed by atoms with E-state index in [-0.39, 0.29) is 35.8 Å². The Morgan fingerprint density at radius 3 is 2.76 bits per heavy atom. The summed E-state index contributed by atoms with van der Waals surface area (Å²) in [5.41, 5.74) is 2.19. The lowest BCUT2D eigenvalue weighted by atomic mass is 9.93. The van der Waals surface area contributed by atoms with E-state index >= 15 is 0 Å². The Labute approximate surface area is 218 Å². The van der Waals surface area contributed by atoms with Gasteiger partial charge < -0.3 is 19.8 Å². The second-order valence-electron chi connectivity index (χ2n) is 10.1. The van der Waals surface area contributed by atoms with Crippen molar-refractivity contribution >= 4 is 28.1 Å². The minimum absolute atomic E-state index is 0.0155. The number of nitrogens with zero attached hydrogens (tertiary/aromatic N) is 4. The lowest BCUT2D eigenvalue weighted by molar-refractivity contribution is 0.105. The van der Waals surface area contributed by atoms with E-state index < -0.39 is 0 Å². The molecule has 8 nitrogen and oxygen atoms in total.